The molecular weight excluding hydrogens is 439 g/mol. The highest BCUT2D eigenvalue weighted by molar-refractivity contribution is 7.88. The van der Waals surface area contributed by atoms with Crippen LogP contribution in [0.5, 0.6) is 5.75 Å². The van der Waals surface area contributed by atoms with Crippen LogP contribution < -0.4 is 4.18 Å². The first-order valence-corrected chi connectivity index (χ1v) is 10.6. The van der Waals surface area contributed by atoms with Crippen LogP contribution >= 0.6 is 0 Å². The van der Waals surface area contributed by atoms with Gasteiger partial charge in [0.05, 0.1) is 12.2 Å². The lowest BCUT2D eigenvalue weighted by Gasteiger charge is -2.30. The van der Waals surface area contributed by atoms with Crippen LogP contribution in [0.3, 0.4) is 0 Å². The summed E-state index contributed by atoms with van der Waals surface area (Å²) in [6.07, 6.45) is 1.63. The summed E-state index contributed by atoms with van der Waals surface area (Å²) in [7, 11) is -5.74. The van der Waals surface area contributed by atoms with Gasteiger partial charge in [-0.25, -0.2) is 14.8 Å². The fourth-order valence-corrected chi connectivity index (χ4v) is 3.23. The third-order valence-corrected chi connectivity index (χ3v) is 5.17. The first kappa shape index (κ1) is 22.8. The van der Waals surface area contributed by atoms with Crippen molar-refractivity contribution in [3.63, 3.8) is 0 Å². The van der Waals surface area contributed by atoms with Gasteiger partial charge in [0.25, 0.3) is 0 Å². The summed E-state index contributed by atoms with van der Waals surface area (Å²) < 4.78 is 68.9. The van der Waals surface area contributed by atoms with Gasteiger partial charge in [0.1, 0.15) is 11.4 Å². The Morgan fingerprint density at radius 1 is 1.13 bits per heavy atom. The van der Waals surface area contributed by atoms with Gasteiger partial charge < -0.3 is 13.8 Å². The van der Waals surface area contributed by atoms with E-state index in [0.717, 1.165) is 23.4 Å². The quantitative estimate of drug-likeness (QED) is 0.510. The molecule has 0 aliphatic carbocycles. The van der Waals surface area contributed by atoms with E-state index in [1.54, 1.807) is 31.9 Å². The summed E-state index contributed by atoms with van der Waals surface area (Å²) in [6.45, 7) is 6.07. The van der Waals surface area contributed by atoms with Crippen LogP contribution in [-0.2, 0) is 27.8 Å². The summed E-state index contributed by atoms with van der Waals surface area (Å²) in [5.41, 5.74) is -4.15. The monoisotopic (exact) mass is 459 g/mol. The molecule has 31 heavy (non-hydrogen) atoms. The fraction of sp³-hybridized carbons (Fsp3) is 0.421. The van der Waals surface area contributed by atoms with E-state index in [2.05, 4.69) is 14.2 Å². The SMILES string of the molecule is CC(C)(C)OC(=O)N1CCc2nc(-c3ccc(OS(=O)(=O)C(F)(F)F)cc3)ncc2C1. The molecule has 0 radical (unpaired) electrons. The van der Waals surface area contributed by atoms with E-state index < -0.39 is 33.1 Å². The van der Waals surface area contributed by atoms with Crippen LogP contribution in [0.4, 0.5) is 18.0 Å². The number of alkyl halides is 3. The zero-order chi connectivity index (χ0) is 23.0. The zero-order valence-electron chi connectivity index (χ0n) is 16.9. The number of aromatic nitrogens is 2. The highest BCUT2D eigenvalue weighted by Gasteiger charge is 2.48. The molecule has 1 aromatic heterocycles. The summed E-state index contributed by atoms with van der Waals surface area (Å²) in [6, 6.07) is 4.90. The number of rotatable bonds is 3. The summed E-state index contributed by atoms with van der Waals surface area (Å²) in [5, 5.41) is 0. The molecule has 2 aromatic rings. The molecule has 0 saturated carbocycles. The highest BCUT2D eigenvalue weighted by atomic mass is 32.2. The van der Waals surface area contributed by atoms with E-state index in [1.807, 2.05) is 0 Å². The second-order valence-corrected chi connectivity index (χ2v) is 9.36. The number of halogens is 3. The van der Waals surface area contributed by atoms with Crippen LogP contribution in [-0.4, -0.2) is 47.0 Å². The Morgan fingerprint density at radius 2 is 1.77 bits per heavy atom. The maximum Gasteiger partial charge on any atom is 0.534 e. The number of amides is 1. The smallest absolute Gasteiger partial charge is 0.444 e. The van der Waals surface area contributed by atoms with Gasteiger partial charge in [-0.05, 0) is 45.0 Å². The Morgan fingerprint density at radius 3 is 2.35 bits per heavy atom. The van der Waals surface area contributed by atoms with Crippen molar-refractivity contribution in [2.45, 2.75) is 44.8 Å². The number of hydrogen-bond donors (Lipinski definition) is 0. The number of fused-ring (bicyclic) bond motifs is 1. The Hall–Kier alpha value is -2.89. The molecule has 0 saturated heterocycles. The van der Waals surface area contributed by atoms with E-state index >= 15 is 0 Å². The van der Waals surface area contributed by atoms with Crippen molar-refractivity contribution in [2.75, 3.05) is 6.54 Å². The molecule has 0 bridgehead atoms. The van der Waals surface area contributed by atoms with E-state index in [4.69, 9.17) is 4.74 Å². The number of ether oxygens (including phenoxy) is 1. The van der Waals surface area contributed by atoms with E-state index in [0.29, 0.717) is 30.9 Å². The summed E-state index contributed by atoms with van der Waals surface area (Å²) in [4.78, 5) is 22.5. The molecule has 1 aliphatic heterocycles. The minimum Gasteiger partial charge on any atom is -0.444 e. The van der Waals surface area contributed by atoms with E-state index in [1.165, 1.54) is 12.1 Å². The lowest BCUT2D eigenvalue weighted by atomic mass is 10.1. The van der Waals surface area contributed by atoms with Gasteiger partial charge in [0.2, 0.25) is 0 Å². The molecule has 168 valence electrons. The van der Waals surface area contributed by atoms with Crippen molar-refractivity contribution in [1.82, 2.24) is 14.9 Å². The van der Waals surface area contributed by atoms with Crippen molar-refractivity contribution < 1.29 is 35.3 Å². The second kappa shape index (κ2) is 7.98. The molecular formula is C19H20F3N3O5S. The Bertz CT molecular complexity index is 1080. The molecule has 1 amide bonds. The normalized spacial score (nSPS) is 14.7. The molecule has 1 aromatic carbocycles. The topological polar surface area (TPSA) is 98.7 Å². The molecule has 2 heterocycles. The van der Waals surface area contributed by atoms with Gasteiger partial charge in [0, 0.05) is 30.3 Å². The minimum atomic E-state index is -5.74. The number of carbonyl (C=O) groups is 1. The van der Waals surface area contributed by atoms with Crippen LogP contribution in [0.1, 0.15) is 32.0 Å². The molecule has 0 unspecified atom stereocenters. The van der Waals surface area contributed by atoms with Gasteiger partial charge in [0.15, 0.2) is 5.82 Å². The molecule has 8 nitrogen and oxygen atoms in total. The van der Waals surface area contributed by atoms with Gasteiger partial charge in [-0.15, -0.1) is 0 Å². The first-order chi connectivity index (χ1) is 14.2. The molecule has 3 rings (SSSR count). The van der Waals surface area contributed by atoms with Crippen molar-refractivity contribution in [1.29, 1.82) is 0 Å². The number of nitrogens with zero attached hydrogens (tertiary/aromatic N) is 3. The second-order valence-electron chi connectivity index (χ2n) is 7.83. The lowest BCUT2D eigenvalue weighted by molar-refractivity contribution is -0.0500. The summed E-state index contributed by atoms with van der Waals surface area (Å²) >= 11 is 0. The Balaban J connectivity index is 1.73. The average molecular weight is 459 g/mol. The van der Waals surface area contributed by atoms with Gasteiger partial charge in [-0.1, -0.05) is 0 Å². The Kier molecular flexibility index (Phi) is 5.87. The van der Waals surface area contributed by atoms with Crippen LogP contribution in [0.25, 0.3) is 11.4 Å². The predicted molar refractivity (Wildman–Crippen MR) is 103 cm³/mol. The van der Waals surface area contributed by atoms with E-state index in [9.17, 15) is 26.4 Å². The van der Waals surface area contributed by atoms with Gasteiger partial charge in [-0.2, -0.15) is 21.6 Å². The highest BCUT2D eigenvalue weighted by Crippen LogP contribution is 2.28. The average Bonchev–Trinajstić information content (AvgIpc) is 2.65. The van der Waals surface area contributed by atoms with Crippen molar-refractivity contribution >= 4 is 16.2 Å². The largest absolute Gasteiger partial charge is 0.534 e. The number of hydrogen-bond acceptors (Lipinski definition) is 7. The molecule has 0 fully saturated rings. The summed E-state index contributed by atoms with van der Waals surface area (Å²) in [5.74, 6) is -0.165. The Labute approximate surface area is 177 Å². The van der Waals surface area contributed by atoms with Crippen molar-refractivity contribution in [3.05, 3.63) is 41.7 Å². The lowest BCUT2D eigenvalue weighted by Crippen LogP contribution is -2.40. The van der Waals surface area contributed by atoms with Crippen LogP contribution in [0, 0.1) is 0 Å². The molecule has 0 N–H and O–H groups in total. The van der Waals surface area contributed by atoms with Gasteiger partial charge >= 0.3 is 21.7 Å². The molecule has 0 atom stereocenters. The predicted octanol–water partition coefficient (Wildman–Crippen LogP) is 3.67. The maximum absolute atomic E-state index is 12.4. The molecule has 0 spiro atoms. The van der Waals surface area contributed by atoms with Crippen molar-refractivity contribution in [3.8, 4) is 17.1 Å². The maximum atomic E-state index is 12.4. The molecule has 12 heteroatoms. The van der Waals surface area contributed by atoms with Gasteiger partial charge in [-0.3, -0.25) is 0 Å². The van der Waals surface area contributed by atoms with Crippen molar-refractivity contribution in [2.24, 2.45) is 0 Å². The molecule has 1 aliphatic rings. The van der Waals surface area contributed by atoms with E-state index in [-0.39, 0.29) is 0 Å². The third-order valence-electron chi connectivity index (χ3n) is 4.19. The number of benzene rings is 1. The third kappa shape index (κ3) is 5.43. The minimum absolute atomic E-state index is 0.298. The first-order valence-electron chi connectivity index (χ1n) is 9.19. The standard InChI is InChI=1S/C19H20F3N3O5S/c1-18(2,3)29-17(26)25-9-8-15-13(11-25)10-23-16(24-15)12-4-6-14(7-5-12)30-31(27,28)19(20,21)22/h4-7,10H,8-9,11H2,1-3H3. The number of carbonyl (C=O) groups excluding carboxylic acids is 1. The van der Waals surface area contributed by atoms with Crippen LogP contribution in [0.15, 0.2) is 30.5 Å². The zero-order valence-corrected chi connectivity index (χ0v) is 17.7. The van der Waals surface area contributed by atoms with Crippen LogP contribution in [0.2, 0.25) is 0 Å². The fourth-order valence-electron chi connectivity index (χ4n) is 2.77.